The van der Waals surface area contributed by atoms with Crippen LogP contribution >= 0.6 is 11.8 Å². The van der Waals surface area contributed by atoms with Crippen molar-refractivity contribution in [2.45, 2.75) is 70.7 Å². The Hall–Kier alpha value is -2.08. The molecule has 5 nitrogen and oxygen atoms in total. The van der Waals surface area contributed by atoms with Gasteiger partial charge in [-0.15, -0.1) is 10.2 Å². The average molecular weight is 425 g/mol. The second-order valence-electron chi connectivity index (χ2n) is 8.52. The third-order valence-corrected chi connectivity index (χ3v) is 7.01. The van der Waals surface area contributed by atoms with E-state index < -0.39 is 0 Å². The Balaban J connectivity index is 1.59. The minimum absolute atomic E-state index is 0.133. The standard InChI is InChI=1S/C24H32N4OS/c1-4-5-6-9-14-30-24-26-23-21(27-28-24)19-10-7-8-11-20(19)25-22(29-23)18-13-12-16(2)15-17(18)3/h7-8,10-12,17-18,22,25H,4-6,9,13-15H2,1-3H3/t17-,18-,22-/m0/s1. The number of aromatic nitrogens is 3. The zero-order valence-corrected chi connectivity index (χ0v) is 19.0. The number of allylic oxidation sites excluding steroid dienone is 2. The molecule has 3 atom stereocenters. The van der Waals surface area contributed by atoms with Gasteiger partial charge in [-0.25, -0.2) is 0 Å². The summed E-state index contributed by atoms with van der Waals surface area (Å²) in [5, 5.41) is 13.3. The van der Waals surface area contributed by atoms with Crippen molar-refractivity contribution < 1.29 is 4.74 Å². The first-order chi connectivity index (χ1) is 14.7. The van der Waals surface area contributed by atoms with E-state index in [1.807, 2.05) is 12.1 Å². The molecular weight excluding hydrogens is 392 g/mol. The lowest BCUT2D eigenvalue weighted by Gasteiger charge is -2.34. The molecule has 2 heterocycles. The molecule has 160 valence electrons. The van der Waals surface area contributed by atoms with Crippen LogP contribution in [0.4, 0.5) is 5.69 Å². The van der Waals surface area contributed by atoms with Gasteiger partial charge in [-0.1, -0.05) is 74.7 Å². The van der Waals surface area contributed by atoms with Gasteiger partial charge in [0.15, 0.2) is 11.9 Å². The third kappa shape index (κ3) is 4.80. The Morgan fingerprint density at radius 1 is 1.17 bits per heavy atom. The predicted octanol–water partition coefficient (Wildman–Crippen LogP) is 6.33. The fraction of sp³-hybridized carbons (Fsp3) is 0.542. The summed E-state index contributed by atoms with van der Waals surface area (Å²) in [5.41, 5.74) is 4.24. The van der Waals surface area contributed by atoms with Crippen LogP contribution in [0.5, 0.6) is 5.88 Å². The first-order valence-electron chi connectivity index (χ1n) is 11.2. The highest BCUT2D eigenvalue weighted by Gasteiger charge is 2.34. The van der Waals surface area contributed by atoms with Gasteiger partial charge in [0.1, 0.15) is 0 Å². The molecule has 1 N–H and O–H groups in total. The summed E-state index contributed by atoms with van der Waals surface area (Å²) in [4.78, 5) is 4.79. The van der Waals surface area contributed by atoms with Gasteiger partial charge in [-0.2, -0.15) is 4.98 Å². The minimum Gasteiger partial charge on any atom is -0.452 e. The molecule has 0 bridgehead atoms. The number of rotatable bonds is 7. The van der Waals surface area contributed by atoms with Crippen LogP contribution < -0.4 is 10.1 Å². The number of thioether (sulfide) groups is 1. The van der Waals surface area contributed by atoms with Crippen LogP contribution in [-0.4, -0.2) is 27.2 Å². The summed E-state index contributed by atoms with van der Waals surface area (Å²) in [7, 11) is 0. The number of nitrogens with zero attached hydrogens (tertiary/aromatic N) is 3. The maximum atomic E-state index is 6.50. The van der Waals surface area contributed by atoms with Crippen LogP contribution in [0.1, 0.15) is 59.3 Å². The molecule has 6 heteroatoms. The van der Waals surface area contributed by atoms with E-state index in [0.29, 0.717) is 22.9 Å². The van der Waals surface area contributed by atoms with E-state index in [1.54, 1.807) is 11.8 Å². The Kier molecular flexibility index (Phi) is 6.93. The number of benzene rings is 1. The Bertz CT molecular complexity index is 901. The van der Waals surface area contributed by atoms with Crippen LogP contribution in [0.3, 0.4) is 0 Å². The second-order valence-corrected chi connectivity index (χ2v) is 9.58. The van der Waals surface area contributed by atoms with Crippen molar-refractivity contribution in [1.82, 2.24) is 15.2 Å². The number of unbranched alkanes of at least 4 members (excludes halogenated alkanes) is 3. The molecule has 0 fully saturated rings. The van der Waals surface area contributed by atoms with Crippen molar-refractivity contribution in [2.24, 2.45) is 11.8 Å². The second kappa shape index (κ2) is 9.82. The normalized spacial score (nSPS) is 22.8. The van der Waals surface area contributed by atoms with Gasteiger partial charge < -0.3 is 10.1 Å². The van der Waals surface area contributed by atoms with Crippen LogP contribution in [0.2, 0.25) is 0 Å². The van der Waals surface area contributed by atoms with Crippen molar-refractivity contribution in [1.29, 1.82) is 0 Å². The molecule has 2 aromatic rings. The SMILES string of the molecule is CCCCCCSc1nnc2c(n1)O[C@@H]([C@H]1CC=C(C)C[C@@H]1C)Nc1ccccc1-2. The van der Waals surface area contributed by atoms with Crippen LogP contribution in [-0.2, 0) is 0 Å². The first-order valence-corrected chi connectivity index (χ1v) is 12.2. The molecule has 1 aromatic heterocycles. The largest absolute Gasteiger partial charge is 0.452 e. The number of nitrogens with one attached hydrogen (secondary N) is 1. The summed E-state index contributed by atoms with van der Waals surface area (Å²) in [6, 6.07) is 8.23. The quantitative estimate of drug-likeness (QED) is 0.318. The van der Waals surface area contributed by atoms with Gasteiger partial charge in [0, 0.05) is 22.9 Å². The minimum atomic E-state index is -0.133. The van der Waals surface area contributed by atoms with Crippen molar-refractivity contribution in [3.8, 4) is 17.1 Å². The monoisotopic (exact) mass is 424 g/mol. The summed E-state index contributed by atoms with van der Waals surface area (Å²) in [6.07, 6.45) is 9.31. The molecule has 0 radical (unpaired) electrons. The maximum Gasteiger partial charge on any atom is 0.247 e. The van der Waals surface area contributed by atoms with Crippen molar-refractivity contribution in [3.63, 3.8) is 0 Å². The zero-order chi connectivity index (χ0) is 20.9. The van der Waals surface area contributed by atoms with Crippen LogP contribution in [0, 0.1) is 11.8 Å². The lowest BCUT2D eigenvalue weighted by Crippen LogP contribution is -2.39. The molecule has 30 heavy (non-hydrogen) atoms. The van der Waals surface area contributed by atoms with Gasteiger partial charge in [0.2, 0.25) is 11.0 Å². The number of hydrogen-bond acceptors (Lipinski definition) is 6. The van der Waals surface area contributed by atoms with Gasteiger partial charge in [0.25, 0.3) is 0 Å². The fourth-order valence-corrected chi connectivity index (χ4v) is 5.13. The van der Waals surface area contributed by atoms with E-state index in [9.17, 15) is 0 Å². The molecular formula is C24H32N4OS. The first kappa shape index (κ1) is 21.2. The van der Waals surface area contributed by atoms with Crippen LogP contribution in [0.15, 0.2) is 41.1 Å². The molecule has 4 rings (SSSR count). The van der Waals surface area contributed by atoms with Gasteiger partial charge in [0.05, 0.1) is 0 Å². The number of hydrogen-bond donors (Lipinski definition) is 1. The molecule has 0 unspecified atom stereocenters. The number of fused-ring (bicyclic) bond motifs is 3. The lowest BCUT2D eigenvalue weighted by atomic mass is 9.80. The van der Waals surface area contributed by atoms with Gasteiger partial charge in [-0.3, -0.25) is 0 Å². The van der Waals surface area contributed by atoms with Crippen LogP contribution in [0.25, 0.3) is 11.3 Å². The van der Waals surface area contributed by atoms with E-state index >= 15 is 0 Å². The van der Waals surface area contributed by atoms with Gasteiger partial charge in [-0.05, 0) is 38.2 Å². The molecule has 2 aliphatic rings. The lowest BCUT2D eigenvalue weighted by molar-refractivity contribution is 0.114. The van der Waals surface area contributed by atoms with E-state index in [1.165, 1.54) is 31.3 Å². The highest BCUT2D eigenvalue weighted by molar-refractivity contribution is 7.99. The molecule has 0 saturated heterocycles. The molecule has 0 saturated carbocycles. The summed E-state index contributed by atoms with van der Waals surface area (Å²) >= 11 is 1.67. The highest BCUT2D eigenvalue weighted by atomic mass is 32.2. The summed E-state index contributed by atoms with van der Waals surface area (Å²) in [5.74, 6) is 2.54. The Morgan fingerprint density at radius 3 is 2.87 bits per heavy atom. The molecule has 0 amide bonds. The molecule has 1 aromatic carbocycles. The number of para-hydroxylation sites is 1. The molecule has 0 spiro atoms. The fourth-order valence-electron chi connectivity index (χ4n) is 4.35. The van der Waals surface area contributed by atoms with Gasteiger partial charge >= 0.3 is 0 Å². The zero-order valence-electron chi connectivity index (χ0n) is 18.2. The topological polar surface area (TPSA) is 59.9 Å². The average Bonchev–Trinajstić information content (AvgIpc) is 2.90. The maximum absolute atomic E-state index is 6.50. The Labute approximate surface area is 184 Å². The third-order valence-electron chi connectivity index (χ3n) is 6.09. The van der Waals surface area contributed by atoms with E-state index in [-0.39, 0.29) is 6.23 Å². The summed E-state index contributed by atoms with van der Waals surface area (Å²) < 4.78 is 6.50. The Morgan fingerprint density at radius 2 is 2.03 bits per heavy atom. The summed E-state index contributed by atoms with van der Waals surface area (Å²) in [6.45, 7) is 6.77. The van der Waals surface area contributed by atoms with E-state index in [2.05, 4.69) is 54.5 Å². The van der Waals surface area contributed by atoms with E-state index in [0.717, 1.165) is 35.5 Å². The van der Waals surface area contributed by atoms with Crippen molar-refractivity contribution in [2.75, 3.05) is 11.1 Å². The molecule has 1 aliphatic heterocycles. The number of ether oxygens (including phenoxy) is 1. The van der Waals surface area contributed by atoms with E-state index in [4.69, 9.17) is 9.72 Å². The highest BCUT2D eigenvalue weighted by Crippen LogP contribution is 2.40. The predicted molar refractivity (Wildman–Crippen MR) is 124 cm³/mol. The number of anilines is 1. The van der Waals surface area contributed by atoms with Crippen molar-refractivity contribution >= 4 is 17.4 Å². The van der Waals surface area contributed by atoms with Crippen molar-refractivity contribution in [3.05, 3.63) is 35.9 Å². The molecule has 1 aliphatic carbocycles. The smallest absolute Gasteiger partial charge is 0.247 e.